The summed E-state index contributed by atoms with van der Waals surface area (Å²) >= 11 is 0. The second-order valence-electron chi connectivity index (χ2n) is 6.45. The van der Waals surface area contributed by atoms with Crippen LogP contribution < -0.4 is 4.31 Å². The molecule has 0 atom stereocenters. The van der Waals surface area contributed by atoms with Gasteiger partial charge in [-0.25, -0.2) is 12.7 Å². The van der Waals surface area contributed by atoms with Crippen molar-refractivity contribution in [1.82, 2.24) is 4.57 Å². The van der Waals surface area contributed by atoms with Crippen molar-refractivity contribution in [2.24, 2.45) is 7.05 Å². The molecule has 1 aliphatic rings. The maximum atomic E-state index is 13.3. The van der Waals surface area contributed by atoms with E-state index >= 15 is 0 Å². The average Bonchev–Trinajstić information content (AvgIpc) is 2.78. The van der Waals surface area contributed by atoms with E-state index in [1.54, 1.807) is 24.3 Å². The zero-order chi connectivity index (χ0) is 17.6. The van der Waals surface area contributed by atoms with Crippen LogP contribution in [-0.2, 0) is 23.5 Å². The summed E-state index contributed by atoms with van der Waals surface area (Å²) < 4.78 is 30.2. The van der Waals surface area contributed by atoms with Gasteiger partial charge in [-0.2, -0.15) is 0 Å². The van der Waals surface area contributed by atoms with Crippen molar-refractivity contribution in [3.63, 3.8) is 0 Å². The zero-order valence-corrected chi connectivity index (χ0v) is 15.1. The second kappa shape index (κ2) is 5.77. The van der Waals surface area contributed by atoms with Gasteiger partial charge in [0.1, 0.15) is 5.82 Å². The van der Waals surface area contributed by atoms with Gasteiger partial charge in [0.15, 0.2) is 0 Å². The summed E-state index contributed by atoms with van der Waals surface area (Å²) in [6.07, 6.45) is 2.77. The molecule has 0 radical (unpaired) electrons. The summed E-state index contributed by atoms with van der Waals surface area (Å²) in [5, 5.41) is 1.11. The van der Waals surface area contributed by atoms with Crippen molar-refractivity contribution < 1.29 is 8.42 Å². The molecular weight excluding hydrogens is 332 g/mol. The fraction of sp³-hybridized carbons (Fsp3) is 0.200. The largest absolute Gasteiger partial charge is 0.330 e. The highest BCUT2D eigenvalue weighted by atomic mass is 32.2. The Morgan fingerprint density at radius 3 is 2.40 bits per heavy atom. The highest BCUT2D eigenvalue weighted by Crippen LogP contribution is 2.37. The lowest BCUT2D eigenvalue weighted by atomic mass is 10.1. The number of aromatic nitrogens is 1. The molecule has 5 heteroatoms. The van der Waals surface area contributed by atoms with Gasteiger partial charge in [0.2, 0.25) is 0 Å². The topological polar surface area (TPSA) is 42.3 Å². The molecule has 128 valence electrons. The van der Waals surface area contributed by atoms with Crippen molar-refractivity contribution in [3.05, 3.63) is 71.8 Å². The SMILES string of the molecule is CC1=CCN(S(=O)(=O)c2ccccc2)c2c(c3ccccc3n2C)C1. The molecule has 0 spiro atoms. The van der Waals surface area contributed by atoms with Crippen molar-refractivity contribution in [2.75, 3.05) is 10.8 Å². The predicted octanol–water partition coefficient (Wildman–Crippen LogP) is 3.88. The van der Waals surface area contributed by atoms with Gasteiger partial charge in [0, 0.05) is 23.5 Å². The lowest BCUT2D eigenvalue weighted by Gasteiger charge is -2.24. The summed E-state index contributed by atoms with van der Waals surface area (Å²) in [4.78, 5) is 0.319. The van der Waals surface area contributed by atoms with Gasteiger partial charge >= 0.3 is 0 Å². The van der Waals surface area contributed by atoms with Crippen molar-refractivity contribution >= 4 is 26.7 Å². The zero-order valence-electron chi connectivity index (χ0n) is 14.3. The number of hydrogen-bond donors (Lipinski definition) is 0. The fourth-order valence-corrected chi connectivity index (χ4v) is 5.04. The molecule has 0 unspecified atom stereocenters. The highest BCUT2D eigenvalue weighted by molar-refractivity contribution is 7.92. The third-order valence-corrected chi connectivity index (χ3v) is 6.58. The van der Waals surface area contributed by atoms with E-state index in [1.165, 1.54) is 9.88 Å². The Kier molecular flexibility index (Phi) is 3.69. The summed E-state index contributed by atoms with van der Waals surface area (Å²) in [6.45, 7) is 2.41. The quantitative estimate of drug-likeness (QED) is 0.657. The first kappa shape index (κ1) is 16.0. The molecule has 25 heavy (non-hydrogen) atoms. The van der Waals surface area contributed by atoms with Crippen molar-refractivity contribution in [2.45, 2.75) is 18.2 Å². The Bertz CT molecular complexity index is 1080. The van der Waals surface area contributed by atoms with Crippen LogP contribution >= 0.6 is 0 Å². The Hall–Kier alpha value is -2.53. The van der Waals surface area contributed by atoms with Crippen LogP contribution in [0.4, 0.5) is 5.82 Å². The first-order chi connectivity index (χ1) is 12.0. The molecule has 0 saturated carbocycles. The third kappa shape index (κ3) is 2.46. The van der Waals surface area contributed by atoms with Crippen LogP contribution in [0.2, 0.25) is 0 Å². The number of nitrogens with zero attached hydrogens (tertiary/aromatic N) is 2. The minimum Gasteiger partial charge on any atom is -0.330 e. The van der Waals surface area contributed by atoms with E-state index in [1.807, 2.05) is 42.0 Å². The van der Waals surface area contributed by atoms with Gasteiger partial charge in [0.05, 0.1) is 11.4 Å². The standard InChI is InChI=1S/C20H20N2O2S/c1-15-12-13-22(25(23,24)16-8-4-3-5-9-16)20-18(14-15)17-10-6-7-11-19(17)21(20)2/h3-12H,13-14H2,1-2H3. The molecule has 3 aromatic rings. The minimum absolute atomic E-state index is 0.319. The van der Waals surface area contributed by atoms with Gasteiger partial charge < -0.3 is 4.57 Å². The first-order valence-corrected chi connectivity index (χ1v) is 9.74. The number of benzene rings is 2. The Morgan fingerprint density at radius 1 is 0.960 bits per heavy atom. The molecule has 4 nitrogen and oxygen atoms in total. The van der Waals surface area contributed by atoms with Gasteiger partial charge in [-0.3, -0.25) is 0 Å². The van der Waals surface area contributed by atoms with Gasteiger partial charge in [-0.05, 0) is 31.5 Å². The van der Waals surface area contributed by atoms with Crippen LogP contribution in [0.15, 0.2) is 71.1 Å². The van der Waals surface area contributed by atoms with E-state index in [0.29, 0.717) is 11.4 Å². The van der Waals surface area contributed by atoms with E-state index in [9.17, 15) is 8.42 Å². The van der Waals surface area contributed by atoms with Crippen LogP contribution in [0.5, 0.6) is 0 Å². The number of aryl methyl sites for hydroxylation is 1. The minimum atomic E-state index is -3.62. The fourth-order valence-electron chi connectivity index (χ4n) is 3.56. The first-order valence-electron chi connectivity index (χ1n) is 8.30. The normalized spacial score (nSPS) is 15.0. The number of para-hydroxylation sites is 1. The molecule has 0 aliphatic carbocycles. The monoisotopic (exact) mass is 352 g/mol. The third-order valence-electron chi connectivity index (χ3n) is 4.81. The van der Waals surface area contributed by atoms with E-state index in [4.69, 9.17) is 0 Å². The number of allylic oxidation sites excluding steroid dienone is 1. The van der Waals surface area contributed by atoms with E-state index < -0.39 is 10.0 Å². The van der Waals surface area contributed by atoms with Crippen LogP contribution in [-0.4, -0.2) is 19.5 Å². The molecule has 1 aromatic heterocycles. The van der Waals surface area contributed by atoms with Gasteiger partial charge in [0.25, 0.3) is 10.0 Å². The summed E-state index contributed by atoms with van der Waals surface area (Å²) in [5.74, 6) is 0.762. The average molecular weight is 352 g/mol. The van der Waals surface area contributed by atoms with Gasteiger partial charge in [-0.15, -0.1) is 0 Å². The smallest absolute Gasteiger partial charge is 0.265 e. The maximum Gasteiger partial charge on any atom is 0.265 e. The Labute approximate surface area is 148 Å². The highest BCUT2D eigenvalue weighted by Gasteiger charge is 2.31. The van der Waals surface area contributed by atoms with Crippen LogP contribution in [0.25, 0.3) is 10.9 Å². The number of anilines is 1. The van der Waals surface area contributed by atoms with Crippen LogP contribution in [0.3, 0.4) is 0 Å². The Morgan fingerprint density at radius 2 is 1.64 bits per heavy atom. The number of rotatable bonds is 2. The molecular formula is C20H20N2O2S. The molecule has 0 amide bonds. The molecule has 4 rings (SSSR count). The Balaban J connectivity index is 2.00. The molecule has 0 fully saturated rings. The second-order valence-corrected chi connectivity index (χ2v) is 8.32. The summed E-state index contributed by atoms with van der Waals surface area (Å²) in [6, 6.07) is 16.7. The molecule has 2 heterocycles. The summed E-state index contributed by atoms with van der Waals surface area (Å²) in [7, 11) is -1.68. The summed E-state index contributed by atoms with van der Waals surface area (Å²) in [5.41, 5.74) is 3.31. The van der Waals surface area contributed by atoms with Crippen molar-refractivity contribution in [3.8, 4) is 0 Å². The van der Waals surface area contributed by atoms with E-state index in [0.717, 1.165) is 28.7 Å². The lowest BCUT2D eigenvalue weighted by molar-refractivity contribution is 0.591. The molecule has 2 aromatic carbocycles. The van der Waals surface area contributed by atoms with Crippen LogP contribution in [0, 0.1) is 0 Å². The number of hydrogen-bond acceptors (Lipinski definition) is 2. The van der Waals surface area contributed by atoms with Gasteiger partial charge in [-0.1, -0.05) is 48.0 Å². The maximum absolute atomic E-state index is 13.3. The van der Waals surface area contributed by atoms with E-state index in [2.05, 4.69) is 13.0 Å². The molecule has 0 bridgehead atoms. The van der Waals surface area contributed by atoms with E-state index in [-0.39, 0.29) is 0 Å². The predicted molar refractivity (Wildman–Crippen MR) is 101 cm³/mol. The number of sulfonamides is 1. The molecule has 0 N–H and O–H groups in total. The number of fused-ring (bicyclic) bond motifs is 3. The van der Waals surface area contributed by atoms with Crippen LogP contribution in [0.1, 0.15) is 12.5 Å². The molecule has 0 saturated heterocycles. The van der Waals surface area contributed by atoms with Crippen molar-refractivity contribution in [1.29, 1.82) is 0 Å². The lowest BCUT2D eigenvalue weighted by Crippen LogP contribution is -2.32. The molecule has 1 aliphatic heterocycles.